The van der Waals surface area contributed by atoms with E-state index in [-0.39, 0.29) is 0 Å². The van der Waals surface area contributed by atoms with Crippen LogP contribution >= 0.6 is 11.3 Å². The van der Waals surface area contributed by atoms with Crippen molar-refractivity contribution in [3.8, 4) is 0 Å². The molecule has 0 amide bonds. The maximum absolute atomic E-state index is 12.3. The van der Waals surface area contributed by atoms with Gasteiger partial charge in [-0.3, -0.25) is 14.1 Å². The highest BCUT2D eigenvalue weighted by Gasteiger charge is 2.24. The van der Waals surface area contributed by atoms with Crippen molar-refractivity contribution < 1.29 is 4.21 Å². The SMILES string of the molecule is CN=C(NCCS(=O)c1ccccc1)NCC(c1cccs1)N1CCCC1. The van der Waals surface area contributed by atoms with Crippen molar-refractivity contribution >= 4 is 28.1 Å². The lowest BCUT2D eigenvalue weighted by molar-refractivity contribution is 0.249. The molecule has 1 fully saturated rings. The average Bonchev–Trinajstić information content (AvgIpc) is 3.42. The highest BCUT2D eigenvalue weighted by Crippen LogP contribution is 2.27. The summed E-state index contributed by atoms with van der Waals surface area (Å²) in [5.41, 5.74) is 0. The van der Waals surface area contributed by atoms with Gasteiger partial charge in [-0.1, -0.05) is 24.3 Å². The molecule has 2 aromatic rings. The summed E-state index contributed by atoms with van der Waals surface area (Å²) >= 11 is 1.81. The number of likely N-dealkylation sites (tertiary alicyclic amines) is 1. The molecule has 1 saturated heterocycles. The number of hydrogen-bond donors (Lipinski definition) is 2. The molecule has 0 bridgehead atoms. The molecule has 7 heteroatoms. The number of hydrogen-bond acceptors (Lipinski definition) is 4. The Hall–Kier alpha value is -1.70. The first-order valence-corrected chi connectivity index (χ1v) is 11.6. The zero-order chi connectivity index (χ0) is 18.9. The molecule has 27 heavy (non-hydrogen) atoms. The van der Waals surface area contributed by atoms with Crippen LogP contribution in [0.15, 0.2) is 57.7 Å². The van der Waals surface area contributed by atoms with Crippen molar-refractivity contribution in [2.45, 2.75) is 23.8 Å². The Kier molecular flexibility index (Phi) is 7.86. The molecule has 0 spiro atoms. The second-order valence-corrected chi connectivity index (χ2v) is 9.07. The maximum Gasteiger partial charge on any atom is 0.191 e. The standard InChI is InChI=1S/C20H28N4OS2/c1-21-20(22-11-15-27(25)17-8-3-2-4-9-17)23-16-18(19-10-7-14-26-19)24-12-5-6-13-24/h2-4,7-10,14,18H,5-6,11-13,15-16H2,1H3,(H2,21,22,23). The predicted molar refractivity (Wildman–Crippen MR) is 115 cm³/mol. The lowest BCUT2D eigenvalue weighted by atomic mass is 10.2. The van der Waals surface area contributed by atoms with Crippen molar-refractivity contribution in [1.82, 2.24) is 15.5 Å². The summed E-state index contributed by atoms with van der Waals surface area (Å²) in [7, 11) is 0.785. The van der Waals surface area contributed by atoms with Gasteiger partial charge >= 0.3 is 0 Å². The summed E-state index contributed by atoms with van der Waals surface area (Å²) in [4.78, 5) is 9.13. The zero-order valence-corrected chi connectivity index (χ0v) is 17.4. The monoisotopic (exact) mass is 404 g/mol. The third-order valence-corrected chi connectivity index (χ3v) is 7.07. The van der Waals surface area contributed by atoms with Gasteiger partial charge in [0, 0.05) is 35.7 Å². The Morgan fingerprint density at radius 1 is 1.19 bits per heavy atom. The number of guanidine groups is 1. The summed E-state index contributed by atoms with van der Waals surface area (Å²) in [6.07, 6.45) is 2.56. The third-order valence-electron chi connectivity index (χ3n) is 4.73. The minimum atomic E-state index is -0.993. The molecule has 0 saturated carbocycles. The molecule has 146 valence electrons. The number of thiophene rings is 1. The van der Waals surface area contributed by atoms with Crippen LogP contribution in [0.2, 0.25) is 0 Å². The normalized spacial score (nSPS) is 17.6. The van der Waals surface area contributed by atoms with Crippen molar-refractivity contribution in [1.29, 1.82) is 0 Å². The summed E-state index contributed by atoms with van der Waals surface area (Å²) in [5, 5.41) is 8.89. The molecule has 5 nitrogen and oxygen atoms in total. The largest absolute Gasteiger partial charge is 0.355 e. The molecule has 0 aliphatic carbocycles. The molecule has 2 heterocycles. The van der Waals surface area contributed by atoms with Crippen LogP contribution in [0, 0.1) is 0 Å². The van der Waals surface area contributed by atoms with Gasteiger partial charge < -0.3 is 10.6 Å². The van der Waals surface area contributed by atoms with Gasteiger partial charge in [0.1, 0.15) is 0 Å². The number of nitrogens with zero attached hydrogens (tertiary/aromatic N) is 2. The van der Waals surface area contributed by atoms with Crippen LogP contribution < -0.4 is 10.6 Å². The highest BCUT2D eigenvalue weighted by molar-refractivity contribution is 7.85. The molecule has 2 unspecified atom stereocenters. The van der Waals surface area contributed by atoms with Crippen molar-refractivity contribution in [3.05, 3.63) is 52.7 Å². The highest BCUT2D eigenvalue weighted by atomic mass is 32.2. The Labute approximate surface area is 168 Å². The molecule has 1 aromatic carbocycles. The Morgan fingerprint density at radius 3 is 2.63 bits per heavy atom. The van der Waals surface area contributed by atoms with E-state index in [1.807, 2.05) is 41.7 Å². The molecular formula is C20H28N4OS2. The number of benzene rings is 1. The van der Waals surface area contributed by atoms with E-state index < -0.39 is 10.8 Å². The van der Waals surface area contributed by atoms with E-state index in [1.165, 1.54) is 17.7 Å². The first kappa shape index (κ1) is 20.0. The van der Waals surface area contributed by atoms with Crippen LogP contribution in [0.25, 0.3) is 0 Å². The van der Waals surface area contributed by atoms with Crippen molar-refractivity contribution in [3.63, 3.8) is 0 Å². The Balaban J connectivity index is 1.48. The van der Waals surface area contributed by atoms with Gasteiger partial charge in [0.25, 0.3) is 0 Å². The molecular weight excluding hydrogens is 376 g/mol. The topological polar surface area (TPSA) is 56.7 Å². The number of aliphatic imine (C=N–C) groups is 1. The molecule has 2 atom stereocenters. The second-order valence-electron chi connectivity index (χ2n) is 6.52. The summed E-state index contributed by atoms with van der Waals surface area (Å²) < 4.78 is 12.3. The Bertz CT molecular complexity index is 728. The third kappa shape index (κ3) is 5.89. The zero-order valence-electron chi connectivity index (χ0n) is 15.8. The van der Waals surface area contributed by atoms with E-state index in [0.29, 0.717) is 18.3 Å². The minimum Gasteiger partial charge on any atom is -0.355 e. The van der Waals surface area contributed by atoms with E-state index in [9.17, 15) is 4.21 Å². The smallest absolute Gasteiger partial charge is 0.191 e. The summed E-state index contributed by atoms with van der Waals surface area (Å²) in [6.45, 7) is 3.76. The van der Waals surface area contributed by atoms with Gasteiger partial charge in [0.2, 0.25) is 0 Å². The molecule has 1 aliphatic rings. The number of rotatable bonds is 8. The fourth-order valence-electron chi connectivity index (χ4n) is 3.31. The predicted octanol–water partition coefficient (Wildman–Crippen LogP) is 2.86. The van der Waals surface area contributed by atoms with E-state index in [4.69, 9.17) is 0 Å². The van der Waals surface area contributed by atoms with Crippen molar-refractivity contribution in [2.24, 2.45) is 4.99 Å². The first-order chi connectivity index (χ1) is 13.3. The van der Waals surface area contributed by atoms with Gasteiger partial charge in [-0.2, -0.15) is 0 Å². The van der Waals surface area contributed by atoms with Crippen LogP contribution in [0.4, 0.5) is 0 Å². The lowest BCUT2D eigenvalue weighted by Gasteiger charge is -2.27. The van der Waals surface area contributed by atoms with Crippen molar-refractivity contribution in [2.75, 3.05) is 39.0 Å². The fourth-order valence-corrected chi connectivity index (χ4v) is 5.15. The second kappa shape index (κ2) is 10.6. The van der Waals surface area contributed by atoms with Crippen LogP contribution in [0.5, 0.6) is 0 Å². The van der Waals surface area contributed by atoms with Crippen LogP contribution in [-0.2, 0) is 10.8 Å². The summed E-state index contributed by atoms with van der Waals surface area (Å²) in [5.74, 6) is 1.33. The van der Waals surface area contributed by atoms with Crippen LogP contribution in [0.1, 0.15) is 23.8 Å². The summed E-state index contributed by atoms with van der Waals surface area (Å²) in [6, 6.07) is 14.3. The van der Waals surface area contributed by atoms with Gasteiger partial charge in [-0.15, -0.1) is 11.3 Å². The Morgan fingerprint density at radius 2 is 1.96 bits per heavy atom. The van der Waals surface area contributed by atoms with E-state index in [2.05, 4.69) is 38.0 Å². The molecule has 3 rings (SSSR count). The number of nitrogens with one attached hydrogen (secondary N) is 2. The fraction of sp³-hybridized carbons (Fsp3) is 0.450. The van der Waals surface area contributed by atoms with E-state index in [1.54, 1.807) is 7.05 Å². The van der Waals surface area contributed by atoms with Gasteiger partial charge in [-0.05, 0) is 49.5 Å². The van der Waals surface area contributed by atoms with Crippen LogP contribution in [-0.4, -0.2) is 54.0 Å². The minimum absolute atomic E-state index is 0.379. The molecule has 0 radical (unpaired) electrons. The van der Waals surface area contributed by atoms with Gasteiger partial charge in [0.15, 0.2) is 5.96 Å². The molecule has 2 N–H and O–H groups in total. The average molecular weight is 405 g/mol. The first-order valence-electron chi connectivity index (χ1n) is 9.43. The van der Waals surface area contributed by atoms with E-state index in [0.717, 1.165) is 30.5 Å². The van der Waals surface area contributed by atoms with Gasteiger partial charge in [-0.25, -0.2) is 0 Å². The lowest BCUT2D eigenvalue weighted by Crippen LogP contribution is -2.43. The van der Waals surface area contributed by atoms with Crippen LogP contribution in [0.3, 0.4) is 0 Å². The van der Waals surface area contributed by atoms with Gasteiger partial charge in [0.05, 0.1) is 16.8 Å². The molecule has 1 aliphatic heterocycles. The van der Waals surface area contributed by atoms with E-state index >= 15 is 0 Å². The maximum atomic E-state index is 12.3. The quantitative estimate of drug-likeness (QED) is 0.525. The molecule has 1 aromatic heterocycles.